The average molecular weight is 467 g/mol. The second-order valence-corrected chi connectivity index (χ2v) is 8.08. The Kier molecular flexibility index (Phi) is 5.28. The molecule has 4 aromatic heterocycles. The van der Waals surface area contributed by atoms with E-state index in [0.717, 1.165) is 27.7 Å². The highest BCUT2D eigenvalue weighted by molar-refractivity contribution is 6.04. The number of pyridine rings is 1. The molecule has 11 heteroatoms. The molecule has 6 N–H and O–H groups in total. The predicted octanol–water partition coefficient (Wildman–Crippen LogP) is 3.22. The number of aromatic amines is 1. The summed E-state index contributed by atoms with van der Waals surface area (Å²) in [5.41, 5.74) is 16.9. The molecule has 1 aromatic carbocycles. The van der Waals surface area contributed by atoms with Gasteiger partial charge in [0.2, 0.25) is 0 Å². The van der Waals surface area contributed by atoms with E-state index in [2.05, 4.69) is 35.5 Å². The van der Waals surface area contributed by atoms with E-state index in [1.165, 1.54) is 0 Å². The zero-order chi connectivity index (χ0) is 24.7. The highest BCUT2D eigenvalue weighted by atomic mass is 16.1. The topological polar surface area (TPSA) is 174 Å². The minimum atomic E-state index is -0.760. The first-order chi connectivity index (χ1) is 16.8. The van der Waals surface area contributed by atoms with Gasteiger partial charge in [0, 0.05) is 29.0 Å². The van der Waals surface area contributed by atoms with Crippen molar-refractivity contribution in [3.05, 3.63) is 65.5 Å². The van der Waals surface area contributed by atoms with Crippen molar-refractivity contribution in [2.75, 3.05) is 11.1 Å². The number of nitrogens with zero attached hydrogens (tertiary/aromatic N) is 6. The number of aromatic nitrogens is 7. The summed E-state index contributed by atoms with van der Waals surface area (Å²) in [6.45, 7) is 5.64. The number of amides is 1. The first kappa shape index (κ1) is 21.9. The minimum absolute atomic E-state index is 0.0768. The molecule has 0 fully saturated rings. The maximum absolute atomic E-state index is 12.3. The van der Waals surface area contributed by atoms with E-state index in [1.54, 1.807) is 18.6 Å². The number of primary amides is 1. The van der Waals surface area contributed by atoms with E-state index in [0.29, 0.717) is 28.6 Å². The van der Waals surface area contributed by atoms with E-state index in [9.17, 15) is 4.79 Å². The molecule has 0 aliphatic rings. The molecule has 0 saturated heterocycles. The van der Waals surface area contributed by atoms with Gasteiger partial charge in [0.25, 0.3) is 5.91 Å². The summed E-state index contributed by atoms with van der Waals surface area (Å²) in [6, 6.07) is 7.50. The third-order valence-corrected chi connectivity index (χ3v) is 5.64. The lowest BCUT2D eigenvalue weighted by Crippen LogP contribution is -2.18. The van der Waals surface area contributed by atoms with Gasteiger partial charge in [-0.05, 0) is 44.5 Å². The van der Waals surface area contributed by atoms with E-state index < -0.39 is 5.91 Å². The lowest BCUT2D eigenvalue weighted by molar-refractivity contribution is 0.0996. The first-order valence-corrected chi connectivity index (χ1v) is 10.8. The van der Waals surface area contributed by atoms with Gasteiger partial charge in [-0.2, -0.15) is 5.10 Å². The number of nitrogen functional groups attached to an aromatic ring is 1. The molecule has 35 heavy (non-hydrogen) atoms. The molecule has 0 atom stereocenters. The molecule has 174 valence electrons. The van der Waals surface area contributed by atoms with Gasteiger partial charge in [0.15, 0.2) is 17.3 Å². The Morgan fingerprint density at radius 2 is 1.77 bits per heavy atom. The lowest BCUT2D eigenvalue weighted by Gasteiger charge is -2.16. The Bertz CT molecular complexity index is 1610. The van der Waals surface area contributed by atoms with E-state index in [-0.39, 0.29) is 17.2 Å². The van der Waals surface area contributed by atoms with Crippen molar-refractivity contribution in [2.24, 2.45) is 5.73 Å². The van der Waals surface area contributed by atoms with Crippen molar-refractivity contribution in [1.29, 1.82) is 0 Å². The number of hydrogen-bond donors (Lipinski definition) is 4. The Morgan fingerprint density at radius 3 is 2.54 bits per heavy atom. The standard InChI is InChI=1S/C24H22N10O/c1-11-4-7-16-15(10-29-34-16)17(11)19-18(25)20(21(26)35)32-24(31-19)14-6-5-12(2)30-23(14)33-22-13(3)27-8-9-28-22/h4-10H,25H2,1-3H3,(H2,26,35)(H,29,34)(H,28,30,33). The monoisotopic (exact) mass is 466 g/mol. The van der Waals surface area contributed by atoms with Crippen LogP contribution in [0.3, 0.4) is 0 Å². The average Bonchev–Trinajstić information content (AvgIpc) is 3.30. The SMILES string of the molecule is Cc1ccc(-c2nc(C(N)=O)c(N)c(-c3c(C)ccc4[nH]ncc34)n2)c(Nc2nccnc2C)n1. The number of anilines is 3. The van der Waals surface area contributed by atoms with Crippen LogP contribution in [0.5, 0.6) is 0 Å². The predicted molar refractivity (Wildman–Crippen MR) is 133 cm³/mol. The van der Waals surface area contributed by atoms with Crippen LogP contribution >= 0.6 is 0 Å². The number of fused-ring (bicyclic) bond motifs is 1. The molecule has 0 unspecified atom stereocenters. The summed E-state index contributed by atoms with van der Waals surface area (Å²) < 4.78 is 0. The van der Waals surface area contributed by atoms with Crippen LogP contribution < -0.4 is 16.8 Å². The van der Waals surface area contributed by atoms with E-state index in [4.69, 9.17) is 16.5 Å². The van der Waals surface area contributed by atoms with Crippen LogP contribution in [0.25, 0.3) is 33.5 Å². The zero-order valence-corrected chi connectivity index (χ0v) is 19.3. The molecule has 11 nitrogen and oxygen atoms in total. The largest absolute Gasteiger partial charge is 0.395 e. The molecule has 1 amide bonds. The van der Waals surface area contributed by atoms with E-state index >= 15 is 0 Å². The third-order valence-electron chi connectivity index (χ3n) is 5.64. The molecule has 5 aromatic rings. The van der Waals surface area contributed by atoms with Crippen LogP contribution in [0.15, 0.2) is 42.9 Å². The number of hydrogen-bond acceptors (Lipinski definition) is 9. The van der Waals surface area contributed by atoms with Crippen LogP contribution in [-0.2, 0) is 0 Å². The second-order valence-electron chi connectivity index (χ2n) is 8.08. The maximum Gasteiger partial charge on any atom is 0.269 e. The fourth-order valence-electron chi connectivity index (χ4n) is 3.88. The molecule has 0 saturated carbocycles. The Balaban J connectivity index is 1.76. The van der Waals surface area contributed by atoms with Gasteiger partial charge in [-0.15, -0.1) is 0 Å². The summed E-state index contributed by atoms with van der Waals surface area (Å²) in [5.74, 6) is 0.470. The molecule has 0 spiro atoms. The number of rotatable bonds is 5. The van der Waals surface area contributed by atoms with Crippen LogP contribution in [0.2, 0.25) is 0 Å². The molecular formula is C24H22N10O. The normalized spacial score (nSPS) is 11.1. The molecule has 4 heterocycles. The highest BCUT2D eigenvalue weighted by Gasteiger charge is 2.23. The summed E-state index contributed by atoms with van der Waals surface area (Å²) in [6.07, 6.45) is 4.89. The Morgan fingerprint density at radius 1 is 0.971 bits per heavy atom. The fraction of sp³-hybridized carbons (Fsp3) is 0.125. The smallest absolute Gasteiger partial charge is 0.269 e. The van der Waals surface area contributed by atoms with Gasteiger partial charge in [-0.25, -0.2) is 19.9 Å². The van der Waals surface area contributed by atoms with E-state index in [1.807, 2.05) is 45.0 Å². The molecule has 0 aliphatic carbocycles. The van der Waals surface area contributed by atoms with Crippen molar-refractivity contribution in [2.45, 2.75) is 20.8 Å². The van der Waals surface area contributed by atoms with Crippen LogP contribution in [0.1, 0.15) is 27.4 Å². The number of carbonyl (C=O) groups is 1. The first-order valence-electron chi connectivity index (χ1n) is 10.8. The van der Waals surface area contributed by atoms with Gasteiger partial charge in [0.05, 0.1) is 34.4 Å². The Hall–Kier alpha value is -4.93. The number of benzene rings is 1. The zero-order valence-electron chi connectivity index (χ0n) is 19.3. The summed E-state index contributed by atoms with van der Waals surface area (Å²) in [7, 11) is 0. The number of nitrogens with one attached hydrogen (secondary N) is 2. The molecule has 0 bridgehead atoms. The number of H-pyrrole nitrogens is 1. The third kappa shape index (κ3) is 3.88. The number of carbonyl (C=O) groups excluding carboxylic acids is 1. The Labute approximate surface area is 200 Å². The lowest BCUT2D eigenvalue weighted by atomic mass is 9.99. The van der Waals surface area contributed by atoms with Crippen LogP contribution in [-0.4, -0.2) is 41.0 Å². The maximum atomic E-state index is 12.3. The van der Waals surface area contributed by atoms with Crippen molar-refractivity contribution in [1.82, 2.24) is 35.1 Å². The second kappa shape index (κ2) is 8.45. The van der Waals surface area contributed by atoms with Crippen LogP contribution in [0.4, 0.5) is 17.3 Å². The summed E-state index contributed by atoms with van der Waals surface area (Å²) >= 11 is 0. The van der Waals surface area contributed by atoms with Gasteiger partial charge < -0.3 is 16.8 Å². The molecule has 5 rings (SSSR count). The summed E-state index contributed by atoms with van der Waals surface area (Å²) in [4.78, 5) is 34.8. The van der Waals surface area contributed by atoms with Gasteiger partial charge in [0.1, 0.15) is 5.82 Å². The number of nitrogens with two attached hydrogens (primary N) is 2. The molecular weight excluding hydrogens is 444 g/mol. The van der Waals surface area contributed by atoms with Crippen molar-refractivity contribution < 1.29 is 4.79 Å². The van der Waals surface area contributed by atoms with Crippen LogP contribution in [0, 0.1) is 20.8 Å². The van der Waals surface area contributed by atoms with Crippen molar-refractivity contribution in [3.63, 3.8) is 0 Å². The molecule has 0 radical (unpaired) electrons. The minimum Gasteiger partial charge on any atom is -0.395 e. The number of aryl methyl sites for hydroxylation is 3. The molecule has 0 aliphatic heterocycles. The highest BCUT2D eigenvalue weighted by Crippen LogP contribution is 2.37. The van der Waals surface area contributed by atoms with Gasteiger partial charge in [-0.1, -0.05) is 6.07 Å². The fourth-order valence-corrected chi connectivity index (χ4v) is 3.88. The van der Waals surface area contributed by atoms with Gasteiger partial charge in [-0.3, -0.25) is 14.9 Å². The van der Waals surface area contributed by atoms with Crippen molar-refractivity contribution in [3.8, 4) is 22.6 Å². The van der Waals surface area contributed by atoms with Gasteiger partial charge >= 0.3 is 0 Å². The van der Waals surface area contributed by atoms with Crippen molar-refractivity contribution >= 4 is 34.1 Å². The summed E-state index contributed by atoms with van der Waals surface area (Å²) in [5, 5.41) is 11.1. The quantitative estimate of drug-likeness (QED) is 0.303.